The van der Waals surface area contributed by atoms with Crippen molar-refractivity contribution in [3.8, 4) is 17.2 Å². The van der Waals surface area contributed by atoms with Crippen molar-refractivity contribution in [3.05, 3.63) is 12.1 Å². The number of carbonyl (C=O) groups is 2. The van der Waals surface area contributed by atoms with E-state index in [1.165, 1.54) is 45.2 Å². The zero-order chi connectivity index (χ0) is 22.7. The molecule has 3 fully saturated rings. The SMILES string of the molecule is COc1cc(N2C[C@H](C(=O)NC[C@H]3CCCN4CCCC[C@H]34)CC2=O)cc(OC)c1OC. The van der Waals surface area contributed by atoms with E-state index in [1.54, 1.807) is 38.4 Å². The number of nitrogens with zero attached hydrogens (tertiary/aromatic N) is 2. The normalized spacial score (nSPS) is 25.9. The van der Waals surface area contributed by atoms with Crippen molar-refractivity contribution in [1.29, 1.82) is 0 Å². The molecule has 3 aliphatic heterocycles. The minimum absolute atomic E-state index is 0.0266. The van der Waals surface area contributed by atoms with Crippen LogP contribution in [0.2, 0.25) is 0 Å². The molecule has 0 radical (unpaired) electrons. The molecule has 8 nitrogen and oxygen atoms in total. The number of benzene rings is 1. The fraction of sp³-hybridized carbons (Fsp3) is 0.667. The van der Waals surface area contributed by atoms with Crippen molar-refractivity contribution in [3.63, 3.8) is 0 Å². The van der Waals surface area contributed by atoms with Crippen LogP contribution >= 0.6 is 0 Å². The number of nitrogens with one attached hydrogen (secondary N) is 1. The molecule has 32 heavy (non-hydrogen) atoms. The highest BCUT2D eigenvalue weighted by Crippen LogP contribution is 2.42. The molecule has 0 spiro atoms. The summed E-state index contributed by atoms with van der Waals surface area (Å²) in [5, 5.41) is 3.17. The largest absolute Gasteiger partial charge is 0.493 e. The number of anilines is 1. The number of piperidine rings is 2. The van der Waals surface area contributed by atoms with Crippen LogP contribution in [-0.4, -0.2) is 70.3 Å². The molecule has 3 heterocycles. The van der Waals surface area contributed by atoms with Crippen LogP contribution in [0.15, 0.2) is 12.1 Å². The van der Waals surface area contributed by atoms with Gasteiger partial charge in [-0.15, -0.1) is 0 Å². The van der Waals surface area contributed by atoms with Gasteiger partial charge in [-0.25, -0.2) is 0 Å². The molecule has 1 N–H and O–H groups in total. The summed E-state index contributed by atoms with van der Waals surface area (Å²) in [5.74, 6) is 1.50. The van der Waals surface area contributed by atoms with Crippen molar-refractivity contribution in [2.24, 2.45) is 11.8 Å². The topological polar surface area (TPSA) is 80.3 Å². The van der Waals surface area contributed by atoms with Crippen LogP contribution in [0.5, 0.6) is 17.2 Å². The van der Waals surface area contributed by atoms with Gasteiger partial charge in [0.25, 0.3) is 0 Å². The van der Waals surface area contributed by atoms with Crippen LogP contribution in [0.1, 0.15) is 38.5 Å². The molecule has 0 unspecified atom stereocenters. The molecule has 0 saturated carbocycles. The van der Waals surface area contributed by atoms with Crippen molar-refractivity contribution >= 4 is 17.5 Å². The Morgan fingerprint density at radius 2 is 1.75 bits per heavy atom. The maximum Gasteiger partial charge on any atom is 0.227 e. The van der Waals surface area contributed by atoms with Gasteiger partial charge in [0.15, 0.2) is 11.5 Å². The fourth-order valence-corrected chi connectivity index (χ4v) is 5.55. The monoisotopic (exact) mass is 445 g/mol. The molecule has 1 aromatic rings. The van der Waals surface area contributed by atoms with E-state index in [2.05, 4.69) is 10.2 Å². The van der Waals surface area contributed by atoms with Gasteiger partial charge in [-0.05, 0) is 44.7 Å². The van der Waals surface area contributed by atoms with Crippen molar-refractivity contribution in [2.45, 2.75) is 44.6 Å². The molecule has 0 bridgehead atoms. The molecule has 176 valence electrons. The number of ether oxygens (including phenoxy) is 3. The number of hydrogen-bond acceptors (Lipinski definition) is 6. The highest BCUT2D eigenvalue weighted by Gasteiger charge is 2.37. The number of amides is 2. The lowest BCUT2D eigenvalue weighted by atomic mass is 9.83. The molecule has 3 saturated heterocycles. The molecular weight excluding hydrogens is 410 g/mol. The summed E-state index contributed by atoms with van der Waals surface area (Å²) in [6.45, 7) is 3.43. The average molecular weight is 446 g/mol. The summed E-state index contributed by atoms with van der Waals surface area (Å²) in [4.78, 5) is 30.0. The summed E-state index contributed by atoms with van der Waals surface area (Å²) in [6, 6.07) is 4.09. The summed E-state index contributed by atoms with van der Waals surface area (Å²) in [5.41, 5.74) is 0.643. The number of carbonyl (C=O) groups excluding carboxylic acids is 2. The van der Waals surface area contributed by atoms with Crippen LogP contribution in [0, 0.1) is 11.8 Å². The second-order valence-electron chi connectivity index (χ2n) is 9.04. The zero-order valence-electron chi connectivity index (χ0n) is 19.4. The molecule has 1 aromatic carbocycles. The van der Waals surface area contributed by atoms with Gasteiger partial charge in [-0.3, -0.25) is 9.59 Å². The maximum atomic E-state index is 12.9. The average Bonchev–Trinajstić information content (AvgIpc) is 3.23. The fourth-order valence-electron chi connectivity index (χ4n) is 5.55. The Morgan fingerprint density at radius 1 is 1.03 bits per heavy atom. The molecule has 4 rings (SSSR count). The highest BCUT2D eigenvalue weighted by atomic mass is 16.5. The van der Waals surface area contributed by atoms with Gasteiger partial charge in [0, 0.05) is 37.7 Å². The van der Waals surface area contributed by atoms with Crippen molar-refractivity contribution in [1.82, 2.24) is 10.2 Å². The standard InChI is InChI=1S/C24H35N3O5/c1-30-20-12-18(13-21(31-2)23(20)32-3)27-15-17(11-22(27)28)24(29)25-14-16-7-6-10-26-9-5-4-8-19(16)26/h12-13,16-17,19H,4-11,14-15H2,1-3H3,(H,25,29)/t16-,17-,19-/m1/s1. The summed E-state index contributed by atoms with van der Waals surface area (Å²) in [7, 11) is 4.63. The van der Waals surface area contributed by atoms with Gasteiger partial charge in [0.1, 0.15) is 0 Å². The number of methoxy groups -OCH3 is 3. The van der Waals surface area contributed by atoms with E-state index in [4.69, 9.17) is 14.2 Å². The third kappa shape index (κ3) is 4.51. The van der Waals surface area contributed by atoms with E-state index < -0.39 is 0 Å². The number of fused-ring (bicyclic) bond motifs is 1. The van der Waals surface area contributed by atoms with Crippen LogP contribution in [0.25, 0.3) is 0 Å². The van der Waals surface area contributed by atoms with Gasteiger partial charge in [-0.1, -0.05) is 6.42 Å². The minimum atomic E-state index is -0.354. The Morgan fingerprint density at radius 3 is 2.44 bits per heavy atom. The number of rotatable bonds is 7. The lowest BCUT2D eigenvalue weighted by molar-refractivity contribution is -0.126. The van der Waals surface area contributed by atoms with Gasteiger partial charge >= 0.3 is 0 Å². The van der Waals surface area contributed by atoms with Crippen molar-refractivity contribution in [2.75, 3.05) is 52.4 Å². The number of hydrogen-bond donors (Lipinski definition) is 1. The summed E-state index contributed by atoms with van der Waals surface area (Å²) < 4.78 is 16.2. The van der Waals surface area contributed by atoms with Gasteiger partial charge < -0.3 is 29.3 Å². The third-order valence-corrected chi connectivity index (χ3v) is 7.22. The van der Waals surface area contributed by atoms with E-state index in [9.17, 15) is 9.59 Å². The Hall–Kier alpha value is -2.48. The molecule has 3 atom stereocenters. The maximum absolute atomic E-state index is 12.9. The quantitative estimate of drug-likeness (QED) is 0.695. The first kappa shape index (κ1) is 22.7. The lowest BCUT2D eigenvalue weighted by Crippen LogP contribution is -2.51. The molecule has 3 aliphatic rings. The van der Waals surface area contributed by atoms with Crippen LogP contribution in [0.3, 0.4) is 0 Å². The Kier molecular flexibility index (Phi) is 7.08. The lowest BCUT2D eigenvalue weighted by Gasteiger charge is -2.44. The van der Waals surface area contributed by atoms with Gasteiger partial charge in [0.2, 0.25) is 17.6 Å². The smallest absolute Gasteiger partial charge is 0.227 e. The van der Waals surface area contributed by atoms with Crippen molar-refractivity contribution < 1.29 is 23.8 Å². The third-order valence-electron chi connectivity index (χ3n) is 7.22. The van der Waals surface area contributed by atoms with Gasteiger partial charge in [0.05, 0.1) is 32.9 Å². The zero-order valence-corrected chi connectivity index (χ0v) is 19.4. The van der Waals surface area contributed by atoms with Crippen LogP contribution in [-0.2, 0) is 9.59 Å². The highest BCUT2D eigenvalue weighted by molar-refractivity contribution is 6.00. The summed E-state index contributed by atoms with van der Waals surface area (Å²) >= 11 is 0. The Balaban J connectivity index is 1.39. The van der Waals surface area contributed by atoms with E-state index in [0.29, 0.717) is 48.0 Å². The van der Waals surface area contributed by atoms with E-state index in [-0.39, 0.29) is 24.2 Å². The Labute approximate surface area is 190 Å². The molecular formula is C24H35N3O5. The first-order valence-electron chi connectivity index (χ1n) is 11.7. The molecule has 0 aromatic heterocycles. The second kappa shape index (κ2) is 9.98. The molecule has 8 heteroatoms. The van der Waals surface area contributed by atoms with E-state index in [0.717, 1.165) is 0 Å². The predicted octanol–water partition coefficient (Wildman–Crippen LogP) is 2.45. The van der Waals surface area contributed by atoms with Crippen LogP contribution in [0.4, 0.5) is 5.69 Å². The van der Waals surface area contributed by atoms with E-state index in [1.807, 2.05) is 0 Å². The first-order valence-corrected chi connectivity index (χ1v) is 11.7. The predicted molar refractivity (Wildman–Crippen MR) is 122 cm³/mol. The minimum Gasteiger partial charge on any atom is -0.493 e. The second-order valence-corrected chi connectivity index (χ2v) is 9.04. The van der Waals surface area contributed by atoms with Crippen LogP contribution < -0.4 is 24.4 Å². The summed E-state index contributed by atoms with van der Waals surface area (Å²) in [6.07, 6.45) is 6.39. The molecule has 0 aliphatic carbocycles. The van der Waals surface area contributed by atoms with E-state index >= 15 is 0 Å². The Bertz CT molecular complexity index is 818. The van der Waals surface area contributed by atoms with Gasteiger partial charge in [-0.2, -0.15) is 0 Å². The first-order chi connectivity index (χ1) is 15.5. The molecule has 2 amide bonds.